The maximum absolute atomic E-state index is 11.5. The first kappa shape index (κ1) is 7.59. The number of alkyl halides is 3. The van der Waals surface area contributed by atoms with Crippen LogP contribution in [0.2, 0.25) is 0 Å². The van der Waals surface area contributed by atoms with Crippen LogP contribution in [0.5, 0.6) is 0 Å². The molecule has 0 N–H and O–H groups in total. The second-order valence-electron chi connectivity index (χ2n) is 1.87. The SMILES string of the molecule is CC(C)(I)C(F)F. The lowest BCUT2D eigenvalue weighted by molar-refractivity contribution is 0.121. The number of halogens is 3. The van der Waals surface area contributed by atoms with Gasteiger partial charge in [-0.25, -0.2) is 8.78 Å². The van der Waals surface area contributed by atoms with Gasteiger partial charge in [0, 0.05) is 0 Å². The van der Waals surface area contributed by atoms with E-state index in [9.17, 15) is 8.78 Å². The van der Waals surface area contributed by atoms with Gasteiger partial charge in [-0.2, -0.15) is 0 Å². The van der Waals surface area contributed by atoms with Crippen molar-refractivity contribution in [1.29, 1.82) is 0 Å². The highest BCUT2D eigenvalue weighted by Gasteiger charge is 2.24. The van der Waals surface area contributed by atoms with Crippen LogP contribution in [0, 0.1) is 0 Å². The Labute approximate surface area is 55.4 Å². The molecule has 0 heterocycles. The molecule has 3 heteroatoms. The van der Waals surface area contributed by atoms with Crippen LogP contribution in [0.1, 0.15) is 13.8 Å². The van der Waals surface area contributed by atoms with Crippen LogP contribution in [-0.4, -0.2) is 9.85 Å². The summed E-state index contributed by atoms with van der Waals surface area (Å²) in [6.07, 6.45) is -2.21. The van der Waals surface area contributed by atoms with Gasteiger partial charge in [0.15, 0.2) is 0 Å². The van der Waals surface area contributed by atoms with Crippen LogP contribution in [0.4, 0.5) is 8.78 Å². The summed E-state index contributed by atoms with van der Waals surface area (Å²) in [5.41, 5.74) is 0. The highest BCUT2D eigenvalue weighted by molar-refractivity contribution is 14.1. The normalized spacial score (nSPS) is 12.9. The molecule has 0 amide bonds. The van der Waals surface area contributed by atoms with E-state index in [1.54, 1.807) is 22.6 Å². The molecule has 44 valence electrons. The Morgan fingerprint density at radius 1 is 1.43 bits per heavy atom. The zero-order valence-corrected chi connectivity index (χ0v) is 6.37. The maximum atomic E-state index is 11.5. The lowest BCUT2D eigenvalue weighted by atomic mass is 10.2. The fourth-order valence-corrected chi connectivity index (χ4v) is 0. The van der Waals surface area contributed by atoms with Crippen molar-refractivity contribution >= 4 is 22.6 Å². The van der Waals surface area contributed by atoms with Gasteiger partial charge >= 0.3 is 0 Å². The summed E-state index contributed by atoms with van der Waals surface area (Å²) in [6.45, 7) is 3.00. The minimum absolute atomic E-state index is 0.863. The first-order valence-corrected chi connectivity index (χ1v) is 2.99. The predicted molar refractivity (Wildman–Crippen MR) is 34.1 cm³/mol. The summed E-state index contributed by atoms with van der Waals surface area (Å²) in [4.78, 5) is 0. The predicted octanol–water partition coefficient (Wildman–Crippen LogP) is 2.47. The third-order valence-electron chi connectivity index (χ3n) is 0.519. The van der Waals surface area contributed by atoms with E-state index in [2.05, 4.69) is 0 Å². The average molecular weight is 220 g/mol. The fourth-order valence-electron chi connectivity index (χ4n) is 0. The van der Waals surface area contributed by atoms with E-state index >= 15 is 0 Å². The smallest absolute Gasteiger partial charge is 0.209 e. The van der Waals surface area contributed by atoms with Crippen LogP contribution in [0.15, 0.2) is 0 Å². The van der Waals surface area contributed by atoms with Crippen LogP contribution >= 0.6 is 22.6 Å². The zero-order valence-electron chi connectivity index (χ0n) is 4.21. The van der Waals surface area contributed by atoms with Crippen molar-refractivity contribution in [3.8, 4) is 0 Å². The second-order valence-corrected chi connectivity index (χ2v) is 4.65. The maximum Gasteiger partial charge on any atom is 0.252 e. The number of hydrogen-bond acceptors (Lipinski definition) is 0. The minimum atomic E-state index is -2.21. The molecule has 0 aromatic carbocycles. The zero-order chi connectivity index (χ0) is 6.08. The first-order valence-electron chi connectivity index (χ1n) is 1.91. The van der Waals surface area contributed by atoms with Gasteiger partial charge in [0.25, 0.3) is 6.43 Å². The summed E-state index contributed by atoms with van der Waals surface area (Å²) in [6, 6.07) is 0. The largest absolute Gasteiger partial charge is 0.252 e. The Bertz CT molecular complexity index is 55.2. The average Bonchev–Trinajstić information content (AvgIpc) is 1.31. The molecule has 0 aliphatic heterocycles. The number of hydrogen-bond donors (Lipinski definition) is 0. The monoisotopic (exact) mass is 220 g/mol. The van der Waals surface area contributed by atoms with Crippen LogP contribution in [-0.2, 0) is 0 Å². The third kappa shape index (κ3) is 3.20. The van der Waals surface area contributed by atoms with Crippen LogP contribution < -0.4 is 0 Å². The molecular formula is C4H7F2I. The second kappa shape index (κ2) is 2.24. The van der Waals surface area contributed by atoms with Crippen LogP contribution in [0.3, 0.4) is 0 Å². The summed E-state index contributed by atoms with van der Waals surface area (Å²) in [7, 11) is 0. The van der Waals surface area contributed by atoms with Gasteiger partial charge in [0.2, 0.25) is 0 Å². The van der Waals surface area contributed by atoms with Crippen molar-refractivity contribution in [2.75, 3.05) is 0 Å². The molecule has 0 nitrogen and oxygen atoms in total. The van der Waals surface area contributed by atoms with E-state index in [0.29, 0.717) is 0 Å². The molecule has 0 saturated carbocycles. The van der Waals surface area contributed by atoms with Crippen molar-refractivity contribution in [2.24, 2.45) is 0 Å². The molecule has 7 heavy (non-hydrogen) atoms. The first-order chi connectivity index (χ1) is 2.94. The molecule has 0 radical (unpaired) electrons. The van der Waals surface area contributed by atoms with Crippen molar-refractivity contribution in [3.05, 3.63) is 0 Å². The molecule has 0 aromatic rings. The molecule has 0 bridgehead atoms. The van der Waals surface area contributed by atoms with Crippen molar-refractivity contribution in [1.82, 2.24) is 0 Å². The summed E-state index contributed by atoms with van der Waals surface area (Å²) < 4.78 is 22.2. The van der Waals surface area contributed by atoms with E-state index < -0.39 is 9.85 Å². The van der Waals surface area contributed by atoms with E-state index in [1.807, 2.05) is 0 Å². The van der Waals surface area contributed by atoms with E-state index in [-0.39, 0.29) is 0 Å². The lowest BCUT2D eigenvalue weighted by Gasteiger charge is -2.12. The Morgan fingerprint density at radius 2 is 1.57 bits per heavy atom. The molecule has 0 aliphatic rings. The molecule has 0 unspecified atom stereocenters. The molecule has 0 spiro atoms. The standard InChI is InChI=1S/C4H7F2I/c1-4(2,7)3(5)6/h3H,1-2H3. The fraction of sp³-hybridized carbons (Fsp3) is 1.00. The van der Waals surface area contributed by atoms with Gasteiger partial charge in [-0.1, -0.05) is 22.6 Å². The Morgan fingerprint density at radius 3 is 1.57 bits per heavy atom. The van der Waals surface area contributed by atoms with Crippen molar-refractivity contribution in [3.63, 3.8) is 0 Å². The number of rotatable bonds is 1. The Kier molecular flexibility index (Phi) is 2.43. The summed E-state index contributed by atoms with van der Waals surface area (Å²) >= 11 is 1.72. The van der Waals surface area contributed by atoms with Gasteiger partial charge in [-0.15, -0.1) is 0 Å². The molecule has 0 atom stereocenters. The minimum Gasteiger partial charge on any atom is -0.209 e. The van der Waals surface area contributed by atoms with E-state index in [0.717, 1.165) is 0 Å². The van der Waals surface area contributed by atoms with Crippen molar-refractivity contribution in [2.45, 2.75) is 23.7 Å². The Hall–Kier alpha value is 0.590. The lowest BCUT2D eigenvalue weighted by Crippen LogP contribution is -2.20. The van der Waals surface area contributed by atoms with Gasteiger partial charge < -0.3 is 0 Å². The molecule has 0 saturated heterocycles. The van der Waals surface area contributed by atoms with Gasteiger partial charge in [0.1, 0.15) is 0 Å². The molecule has 0 fully saturated rings. The Balaban J connectivity index is 3.54. The van der Waals surface area contributed by atoms with E-state index in [4.69, 9.17) is 0 Å². The van der Waals surface area contributed by atoms with Crippen LogP contribution in [0.25, 0.3) is 0 Å². The molecule has 0 rings (SSSR count). The molecule has 0 aromatic heterocycles. The topological polar surface area (TPSA) is 0 Å². The highest BCUT2D eigenvalue weighted by atomic mass is 127. The van der Waals surface area contributed by atoms with E-state index in [1.165, 1.54) is 13.8 Å². The third-order valence-corrected chi connectivity index (χ3v) is 0.990. The van der Waals surface area contributed by atoms with Crippen molar-refractivity contribution < 1.29 is 8.78 Å². The van der Waals surface area contributed by atoms with Gasteiger partial charge in [-0.05, 0) is 13.8 Å². The van der Waals surface area contributed by atoms with Gasteiger partial charge in [0.05, 0.1) is 3.42 Å². The van der Waals surface area contributed by atoms with Gasteiger partial charge in [-0.3, -0.25) is 0 Å². The molecule has 0 aliphatic carbocycles. The summed E-state index contributed by atoms with van der Waals surface area (Å²) in [5.74, 6) is 0. The highest BCUT2D eigenvalue weighted by Crippen LogP contribution is 2.24. The summed E-state index contributed by atoms with van der Waals surface area (Å²) in [5, 5.41) is 0. The quantitative estimate of drug-likeness (QED) is 0.470. The molecular weight excluding hydrogens is 213 g/mol.